The number of hydrogen-bond donors (Lipinski definition) is 15. The van der Waals surface area contributed by atoms with Crippen molar-refractivity contribution in [3.8, 4) is 35.8 Å². The van der Waals surface area contributed by atoms with E-state index in [0.29, 0.717) is 204 Å². The molecule has 144 heavy (non-hydrogen) atoms. The van der Waals surface area contributed by atoms with Gasteiger partial charge < -0.3 is 98.7 Å². The molecule has 49 nitrogen and oxygen atoms in total. The zero-order valence-electron chi connectivity index (χ0n) is 82.3. The number of halogens is 1. The summed E-state index contributed by atoms with van der Waals surface area (Å²) in [4.78, 5) is 171. The quantitative estimate of drug-likeness (QED) is 0.00518. The minimum atomic E-state index is -1.11. The number of aryl methyl sites for hydroxylation is 1. The van der Waals surface area contributed by atoms with Gasteiger partial charge in [0.1, 0.15) is 37.2 Å². The topological polar surface area (TPSA) is 752 Å². The normalized spacial score (nSPS) is 14.8. The summed E-state index contributed by atoms with van der Waals surface area (Å²) in [5.74, 6) is 9.52. The number of nitrogen functional groups attached to an aromatic ring is 8. The number of amides is 3. The number of esters is 2. The molecule has 3 amide bonds. The highest BCUT2D eigenvalue weighted by Crippen LogP contribution is 2.38. The van der Waals surface area contributed by atoms with Gasteiger partial charge in [-0.15, -0.1) is 12.8 Å². The Morgan fingerprint density at radius 1 is 0.521 bits per heavy atom. The minimum Gasteiger partial charge on any atom is -0.493 e. The third-order valence-electron chi connectivity index (χ3n) is 23.0. The zero-order valence-corrected chi connectivity index (χ0v) is 82.9. The standard InChI is InChI=1S/C39H51N9O8.C32H41NO9.C7H7BrN6.2C7H10N8.C2H2/c1-6-39(2,3)33(50)36(51)48-17-8-7-12-27(48)37(52)56-28(15-13-23-14-16-29(53-4)30(18-23)54-5)24-10-9-11-26(19-24)55-22-31(49)47-43-21-25-20-42-35-32(44-25)34(40)45-38(41)46-35;1-6-32(2,3)29(36)30(37)33-17-8-7-12-24(33)31(38)42-25(22-10-9-11-23(19-22)41-20-28(34)35)15-13-21-14-16-26(39-4)27(18-21)40-5;8-1-3-2-11-6-4(12-3)5(9)13-7(10)14-6;2*8-5-4-6(15-7(9)14-5)11-1-3(13-4)2-12-10;1-2/h9-11,16,18-20,23,27-28,43H,6-8,12-15,17,21-22H2,1-5H3,(H,47,49)(H4,40,41,42,45,46);9-11,14,16,18-19,24-25H,6-8,12-13,15,17,20H2,1-5H3,(H,34,35);2H,1H2,(H4,9,10,11,13,14);2*1,12H,2,10H2,(H4,8,9,11,14,15);1-2H/t23-,27?,28?;;;;;/m1...../s1/i;;;;;1D. The number of methoxy groups -OCH3 is 4. The first-order valence-corrected chi connectivity index (χ1v) is 46.5. The molecule has 1 aliphatic carbocycles. The van der Waals surface area contributed by atoms with Gasteiger partial charge in [0.05, 0.1) is 95.6 Å². The van der Waals surface area contributed by atoms with Crippen LogP contribution in [0, 0.1) is 29.6 Å². The van der Waals surface area contributed by atoms with Crippen LogP contribution in [0.15, 0.2) is 115 Å². The predicted molar refractivity (Wildman–Crippen MR) is 537 cm³/mol. The summed E-state index contributed by atoms with van der Waals surface area (Å²) in [6.07, 6.45) is 21.7. The number of nitrogens with two attached hydrogens (primary N) is 10. The molecule has 8 aromatic heterocycles. The fourth-order valence-electron chi connectivity index (χ4n) is 14.6. The number of aliphatic carboxylic acids is 1. The molecule has 766 valence electrons. The number of benzene rings is 3. The summed E-state index contributed by atoms with van der Waals surface area (Å²) in [5.41, 5.74) is 61.1. The Bertz CT molecular complexity index is 6410. The molecule has 2 saturated heterocycles. The van der Waals surface area contributed by atoms with Gasteiger partial charge in [0.15, 0.2) is 104 Å². The van der Waals surface area contributed by atoms with E-state index in [9.17, 15) is 38.4 Å². The lowest BCUT2D eigenvalue weighted by atomic mass is 9.84. The summed E-state index contributed by atoms with van der Waals surface area (Å²) in [6, 6.07) is 17.5. The number of Topliss-reactive ketones (excluding diaryl/α,β-unsaturated/α-hetero) is 2. The Morgan fingerprint density at radius 3 is 1.33 bits per heavy atom. The first kappa shape index (κ1) is 110. The lowest BCUT2D eigenvalue weighted by molar-refractivity contribution is -0.165. The molecule has 0 spiro atoms. The van der Waals surface area contributed by atoms with Crippen LogP contribution in [0.1, 0.15) is 172 Å². The van der Waals surface area contributed by atoms with Gasteiger partial charge in [0.2, 0.25) is 35.4 Å². The van der Waals surface area contributed by atoms with Gasteiger partial charge in [-0.2, -0.15) is 39.9 Å². The molecule has 11 aromatic rings. The Morgan fingerprint density at radius 2 is 0.931 bits per heavy atom. The fourth-order valence-corrected chi connectivity index (χ4v) is 14.9. The molecule has 2 aliphatic heterocycles. The number of carboxylic acid groups (broad SMARTS) is 1. The van der Waals surface area contributed by atoms with Crippen LogP contribution in [-0.2, 0) is 88.7 Å². The van der Waals surface area contributed by atoms with E-state index >= 15 is 0 Å². The van der Waals surface area contributed by atoms with Crippen molar-refractivity contribution in [2.45, 2.75) is 174 Å². The zero-order chi connectivity index (χ0) is 106. The third kappa shape index (κ3) is 31.0. The second kappa shape index (κ2) is 53.6. The number of ether oxygens (including phenoxy) is 8. The van der Waals surface area contributed by atoms with Crippen molar-refractivity contribution in [1.29, 1.82) is 0 Å². The van der Waals surface area contributed by atoms with E-state index in [1.54, 1.807) is 123 Å². The smallest absolute Gasteiger partial charge is 0.341 e. The molecule has 3 aliphatic rings. The number of fused-ring (bicyclic) bond motifs is 4. The average Bonchev–Trinajstić information content (AvgIpc) is 0.818. The van der Waals surface area contributed by atoms with E-state index < -0.39 is 88.9 Å². The van der Waals surface area contributed by atoms with Crippen LogP contribution in [0.5, 0.6) is 23.0 Å². The molecule has 25 N–H and O–H groups in total. The number of hydrogen-bond acceptors (Lipinski definition) is 45. The SMILES string of the molecule is CCC(C)(C)C(=O)C(=O)N1CCCCC1C(=O)OC(CC[C@H]1C=C(OC)C(OC)=CC1)c1cccc(OCC(=O)NNCc2cnc3nc(N)nc(N)c3n2)c1.CCC(C)(C)C(=O)C(=O)N1CCCCC1C(=O)OC(CCc1ccc(OC)c(OC)c1)c1cccc(OCC(=O)O)c1.NNCc1cnc2nc(N)nc(N)c2n1.NNCc1cnc2nc(N)nc(N)c2n1.Nc1nc(N)c2nc(CBr)cnc2n1.[2H]C#C. The molecule has 0 saturated carbocycles. The summed E-state index contributed by atoms with van der Waals surface area (Å²) in [5, 5.41) is 9.62. The van der Waals surface area contributed by atoms with Crippen molar-refractivity contribution in [2.75, 3.05) is 101 Å². The summed E-state index contributed by atoms with van der Waals surface area (Å²) in [6.45, 7) is 11.3. The number of rotatable bonds is 36. The van der Waals surface area contributed by atoms with Crippen LogP contribution >= 0.6 is 15.9 Å². The molecule has 2 fully saturated rings. The number of carbonyl (C=O) groups excluding carboxylic acids is 7. The fraction of sp³-hybridized carbons (Fsp3) is 0.404. The Balaban J connectivity index is 0.000000226. The number of terminal acetylenes is 1. The molecular weight excluding hydrogens is 1930 g/mol. The molecule has 50 heteroatoms. The van der Waals surface area contributed by atoms with Crippen molar-refractivity contribution in [3.05, 3.63) is 155 Å². The van der Waals surface area contributed by atoms with E-state index in [0.717, 1.165) is 24.1 Å². The molecule has 4 unspecified atom stereocenters. The minimum absolute atomic E-state index is 0.00823. The first-order valence-electron chi connectivity index (χ1n) is 45.9. The number of aromatic nitrogens is 16. The number of anilines is 8. The van der Waals surface area contributed by atoms with Gasteiger partial charge in [0.25, 0.3) is 17.7 Å². The van der Waals surface area contributed by atoms with Gasteiger partial charge >= 0.3 is 17.9 Å². The predicted octanol–water partition coefficient (Wildman–Crippen LogP) is 6.21. The maximum atomic E-state index is 14.0. The van der Waals surface area contributed by atoms with Gasteiger partial charge in [0, 0.05) is 29.2 Å². The van der Waals surface area contributed by atoms with Crippen molar-refractivity contribution in [2.24, 2.45) is 28.4 Å². The third-order valence-corrected chi connectivity index (χ3v) is 23.6. The van der Waals surface area contributed by atoms with Crippen molar-refractivity contribution < 1.29 is 82.7 Å². The highest BCUT2D eigenvalue weighted by molar-refractivity contribution is 9.08. The summed E-state index contributed by atoms with van der Waals surface area (Å²) >= 11 is 3.27. The van der Waals surface area contributed by atoms with E-state index in [1.165, 1.54) is 22.4 Å². The van der Waals surface area contributed by atoms with E-state index in [1.807, 2.05) is 44.2 Å². The number of alkyl halides is 1. The van der Waals surface area contributed by atoms with Crippen LogP contribution in [0.25, 0.3) is 44.7 Å². The average molecular weight is 2050 g/mol. The lowest BCUT2D eigenvalue weighted by Crippen LogP contribution is -2.53. The second-order valence-electron chi connectivity index (χ2n) is 33.7. The number of ketones is 2. The summed E-state index contributed by atoms with van der Waals surface area (Å²) in [7, 11) is 6.28. The van der Waals surface area contributed by atoms with E-state index in [4.69, 9.17) is 102 Å². The van der Waals surface area contributed by atoms with Crippen molar-refractivity contribution in [3.63, 3.8) is 0 Å². The molecule has 5 atom stereocenters. The number of nitrogens with one attached hydrogen (secondary N) is 4. The Hall–Kier alpha value is -16.0. The molecule has 0 bridgehead atoms. The number of likely N-dealkylation sites (tertiary alicyclic amines) is 2. The molecule has 10 heterocycles. The van der Waals surface area contributed by atoms with Gasteiger partial charge in [-0.25, -0.2) is 59.7 Å². The number of nitrogens with zero attached hydrogens (tertiary/aromatic N) is 18. The largest absolute Gasteiger partial charge is 0.493 e. The van der Waals surface area contributed by atoms with Crippen LogP contribution in [0.3, 0.4) is 0 Å². The van der Waals surface area contributed by atoms with Gasteiger partial charge in [-0.3, -0.25) is 51.9 Å². The summed E-state index contributed by atoms with van der Waals surface area (Å²) < 4.78 is 50.9. The number of hydrazine groups is 3. The first-order chi connectivity index (χ1) is 69.3. The van der Waals surface area contributed by atoms with Crippen LogP contribution < -0.4 is 98.2 Å². The van der Waals surface area contributed by atoms with Crippen molar-refractivity contribution >= 4 is 155 Å². The van der Waals surface area contributed by atoms with E-state index in [-0.39, 0.29) is 71.8 Å². The number of piperidine rings is 2. The molecule has 14 rings (SSSR count). The molecule has 3 aromatic carbocycles. The number of carbonyl (C=O) groups is 8. The van der Waals surface area contributed by atoms with Crippen LogP contribution in [0.2, 0.25) is 0 Å². The monoisotopic (exact) mass is 2050 g/mol. The maximum absolute atomic E-state index is 14.0. The van der Waals surface area contributed by atoms with E-state index in [2.05, 4.69) is 124 Å². The highest BCUT2D eigenvalue weighted by Gasteiger charge is 2.44. The van der Waals surface area contributed by atoms with Crippen LogP contribution in [-0.4, -0.2) is 209 Å². The van der Waals surface area contributed by atoms with Gasteiger partial charge in [-0.05, 0) is 155 Å². The number of carboxylic acids is 1. The van der Waals surface area contributed by atoms with Crippen LogP contribution in [0.4, 0.5) is 47.1 Å². The lowest BCUT2D eigenvalue weighted by Gasteiger charge is -2.36. The highest BCUT2D eigenvalue weighted by atomic mass is 79.9. The van der Waals surface area contributed by atoms with Crippen molar-refractivity contribution in [1.82, 2.24) is 111 Å². The number of allylic oxidation sites excluding steroid dienone is 2. The molecular formula is C94H121BrN32O17. The Kier molecular flexibility index (Phi) is 40.9. The second-order valence-corrected chi connectivity index (χ2v) is 34.3. The van der Waals surface area contributed by atoms with Gasteiger partial charge in [-0.1, -0.05) is 87.8 Å². The Labute approximate surface area is 838 Å². The molecule has 0 radical (unpaired) electrons. The maximum Gasteiger partial charge on any atom is 0.341 e.